The number of hydrogen-bond donors (Lipinski definition) is 3. The third-order valence-corrected chi connectivity index (χ3v) is 3.42. The molecule has 6 heteroatoms. The van der Waals surface area contributed by atoms with Gasteiger partial charge in [-0.25, -0.2) is 10.3 Å². The summed E-state index contributed by atoms with van der Waals surface area (Å²) in [5, 5.41) is 11.1. The maximum atomic E-state index is 12.6. The van der Waals surface area contributed by atoms with Gasteiger partial charge >= 0.3 is 6.03 Å². The second-order valence-electron chi connectivity index (χ2n) is 4.81. The molecule has 0 bridgehead atoms. The van der Waals surface area contributed by atoms with E-state index in [0.717, 1.165) is 19.3 Å². The Morgan fingerprint density at radius 1 is 1.10 bits per heavy atom. The lowest BCUT2D eigenvalue weighted by atomic mass is 10.0. The zero-order valence-corrected chi connectivity index (χ0v) is 11.2. The number of hydroxylamine groups is 1. The largest absolute Gasteiger partial charge is 0.341 e. The van der Waals surface area contributed by atoms with E-state index in [1.807, 2.05) is 18.2 Å². The van der Waals surface area contributed by atoms with Crippen molar-refractivity contribution in [2.45, 2.75) is 25.3 Å². The highest BCUT2D eigenvalue weighted by Crippen LogP contribution is 2.19. The molecule has 0 radical (unpaired) electrons. The molecule has 0 spiro atoms. The first-order chi connectivity index (χ1) is 9.72. The minimum Gasteiger partial charge on any atom is -0.341 e. The number of nitrogens with one attached hydrogen (secondary N) is 2. The topological polar surface area (TPSA) is 81.7 Å². The van der Waals surface area contributed by atoms with E-state index < -0.39 is 12.1 Å². The van der Waals surface area contributed by atoms with E-state index in [9.17, 15) is 9.59 Å². The number of carbonyl (C=O) groups excluding carboxylic acids is 2. The monoisotopic (exact) mass is 277 g/mol. The second-order valence-corrected chi connectivity index (χ2v) is 4.81. The van der Waals surface area contributed by atoms with Crippen LogP contribution in [0.3, 0.4) is 0 Å². The highest BCUT2D eigenvalue weighted by Gasteiger charge is 2.28. The van der Waals surface area contributed by atoms with Crippen molar-refractivity contribution in [2.75, 3.05) is 13.1 Å². The lowest BCUT2D eigenvalue weighted by Crippen LogP contribution is -2.47. The van der Waals surface area contributed by atoms with Gasteiger partial charge in [-0.15, -0.1) is 0 Å². The average molecular weight is 277 g/mol. The molecule has 1 fully saturated rings. The van der Waals surface area contributed by atoms with Gasteiger partial charge in [0, 0.05) is 13.1 Å². The van der Waals surface area contributed by atoms with Gasteiger partial charge in [0.15, 0.2) is 0 Å². The van der Waals surface area contributed by atoms with Gasteiger partial charge in [0.05, 0.1) is 0 Å². The van der Waals surface area contributed by atoms with Crippen molar-refractivity contribution in [3.05, 3.63) is 35.9 Å². The van der Waals surface area contributed by atoms with Gasteiger partial charge in [0.2, 0.25) is 5.91 Å². The normalized spacial score (nSPS) is 16.4. The number of amides is 3. The molecule has 0 aliphatic carbocycles. The van der Waals surface area contributed by atoms with Crippen LogP contribution in [0.4, 0.5) is 4.79 Å². The van der Waals surface area contributed by atoms with Crippen molar-refractivity contribution in [1.82, 2.24) is 15.7 Å². The Bertz CT molecular complexity index is 458. The summed E-state index contributed by atoms with van der Waals surface area (Å²) in [6.07, 6.45) is 3.10. The molecule has 6 nitrogen and oxygen atoms in total. The molecule has 2 rings (SSSR count). The van der Waals surface area contributed by atoms with E-state index in [0.29, 0.717) is 18.7 Å². The summed E-state index contributed by atoms with van der Waals surface area (Å²) in [6, 6.07) is 7.46. The Kier molecular flexibility index (Phi) is 4.95. The minimum atomic E-state index is -0.788. The molecule has 1 aromatic rings. The first-order valence-corrected chi connectivity index (χ1v) is 6.76. The molecule has 0 saturated carbocycles. The van der Waals surface area contributed by atoms with Crippen LogP contribution in [0.2, 0.25) is 0 Å². The Labute approximate surface area is 117 Å². The van der Waals surface area contributed by atoms with Crippen LogP contribution < -0.4 is 10.8 Å². The lowest BCUT2D eigenvalue weighted by molar-refractivity contribution is -0.134. The van der Waals surface area contributed by atoms with E-state index in [1.54, 1.807) is 17.0 Å². The Hall–Kier alpha value is -2.08. The quantitative estimate of drug-likeness (QED) is 0.577. The van der Waals surface area contributed by atoms with Gasteiger partial charge in [0.1, 0.15) is 6.04 Å². The number of rotatable bonds is 3. The van der Waals surface area contributed by atoms with Crippen LogP contribution in [0.15, 0.2) is 30.3 Å². The number of hydrogen-bond acceptors (Lipinski definition) is 3. The first-order valence-electron chi connectivity index (χ1n) is 6.76. The highest BCUT2D eigenvalue weighted by molar-refractivity contribution is 5.88. The predicted molar refractivity (Wildman–Crippen MR) is 73.1 cm³/mol. The number of urea groups is 1. The molecule has 1 aromatic carbocycles. The van der Waals surface area contributed by atoms with E-state index in [1.165, 1.54) is 5.48 Å². The minimum absolute atomic E-state index is 0.139. The Morgan fingerprint density at radius 3 is 2.35 bits per heavy atom. The molecule has 3 amide bonds. The molecule has 3 N–H and O–H groups in total. The Balaban J connectivity index is 2.17. The van der Waals surface area contributed by atoms with Crippen LogP contribution in [0, 0.1) is 0 Å². The summed E-state index contributed by atoms with van der Waals surface area (Å²) in [7, 11) is 0. The van der Waals surface area contributed by atoms with E-state index in [2.05, 4.69) is 5.32 Å². The molecule has 1 aliphatic heterocycles. The van der Waals surface area contributed by atoms with Crippen LogP contribution in [0.5, 0.6) is 0 Å². The summed E-state index contributed by atoms with van der Waals surface area (Å²) in [6.45, 7) is 1.43. The number of nitrogens with zero attached hydrogens (tertiary/aromatic N) is 1. The van der Waals surface area contributed by atoms with Gasteiger partial charge in [-0.2, -0.15) is 0 Å². The SMILES string of the molecule is O=C(NO)N[C@@H](C(=O)N1CCCCC1)c1ccccc1. The van der Waals surface area contributed by atoms with Crippen LogP contribution in [0.25, 0.3) is 0 Å². The Morgan fingerprint density at radius 2 is 1.75 bits per heavy atom. The van der Waals surface area contributed by atoms with Crippen LogP contribution in [-0.4, -0.2) is 35.1 Å². The fraction of sp³-hybridized carbons (Fsp3) is 0.429. The number of benzene rings is 1. The molecule has 0 unspecified atom stereocenters. The maximum absolute atomic E-state index is 12.6. The van der Waals surface area contributed by atoms with Crippen molar-refractivity contribution in [3.8, 4) is 0 Å². The smallest absolute Gasteiger partial charge is 0.339 e. The van der Waals surface area contributed by atoms with E-state index in [-0.39, 0.29) is 5.91 Å². The second kappa shape index (κ2) is 6.91. The van der Waals surface area contributed by atoms with Crippen molar-refractivity contribution in [3.63, 3.8) is 0 Å². The zero-order valence-electron chi connectivity index (χ0n) is 11.2. The summed E-state index contributed by atoms with van der Waals surface area (Å²) < 4.78 is 0. The molecule has 108 valence electrons. The molecular formula is C14H19N3O3. The third-order valence-electron chi connectivity index (χ3n) is 3.42. The van der Waals surface area contributed by atoms with Crippen molar-refractivity contribution >= 4 is 11.9 Å². The van der Waals surface area contributed by atoms with Crippen LogP contribution in [-0.2, 0) is 4.79 Å². The van der Waals surface area contributed by atoms with Gasteiger partial charge in [-0.05, 0) is 24.8 Å². The van der Waals surface area contributed by atoms with Crippen molar-refractivity contribution in [2.24, 2.45) is 0 Å². The molecule has 20 heavy (non-hydrogen) atoms. The molecular weight excluding hydrogens is 258 g/mol. The number of carbonyl (C=O) groups is 2. The molecule has 1 heterocycles. The first kappa shape index (κ1) is 14.3. The molecule has 1 atom stereocenters. The van der Waals surface area contributed by atoms with Crippen molar-refractivity contribution < 1.29 is 14.8 Å². The molecule has 1 saturated heterocycles. The van der Waals surface area contributed by atoms with E-state index >= 15 is 0 Å². The highest BCUT2D eigenvalue weighted by atomic mass is 16.5. The summed E-state index contributed by atoms with van der Waals surface area (Å²) in [4.78, 5) is 25.7. The molecule has 0 aromatic heterocycles. The van der Waals surface area contributed by atoms with Gasteiger partial charge in [0.25, 0.3) is 0 Å². The number of piperidine rings is 1. The maximum Gasteiger partial charge on any atom is 0.339 e. The van der Waals surface area contributed by atoms with E-state index in [4.69, 9.17) is 5.21 Å². The average Bonchev–Trinajstić information content (AvgIpc) is 2.53. The zero-order chi connectivity index (χ0) is 14.4. The van der Waals surface area contributed by atoms with Crippen LogP contribution in [0.1, 0.15) is 30.9 Å². The lowest BCUT2D eigenvalue weighted by Gasteiger charge is -2.30. The third kappa shape index (κ3) is 3.48. The summed E-state index contributed by atoms with van der Waals surface area (Å²) in [5.74, 6) is -0.139. The fourth-order valence-corrected chi connectivity index (χ4v) is 2.39. The van der Waals surface area contributed by atoms with Crippen LogP contribution >= 0.6 is 0 Å². The summed E-state index contributed by atoms with van der Waals surface area (Å²) >= 11 is 0. The standard InChI is InChI=1S/C14H19N3O3/c18-13(17-9-5-2-6-10-17)12(15-14(19)16-20)11-7-3-1-4-8-11/h1,3-4,7-8,12,20H,2,5-6,9-10H2,(H2,15,16,19)/t12-/m1/s1. The number of likely N-dealkylation sites (tertiary alicyclic amines) is 1. The molecule has 1 aliphatic rings. The van der Waals surface area contributed by atoms with Gasteiger partial charge in [-0.1, -0.05) is 30.3 Å². The predicted octanol–water partition coefficient (Wildman–Crippen LogP) is 1.43. The van der Waals surface area contributed by atoms with Crippen molar-refractivity contribution in [1.29, 1.82) is 0 Å². The van der Waals surface area contributed by atoms with Gasteiger partial charge in [-0.3, -0.25) is 10.0 Å². The fourth-order valence-electron chi connectivity index (χ4n) is 2.39. The summed E-state index contributed by atoms with van der Waals surface area (Å²) in [5.41, 5.74) is 2.20. The van der Waals surface area contributed by atoms with Gasteiger partial charge < -0.3 is 10.2 Å².